The van der Waals surface area contributed by atoms with Crippen molar-refractivity contribution in [3.63, 3.8) is 0 Å². The highest BCUT2D eigenvalue weighted by atomic mass is 19.1. The van der Waals surface area contributed by atoms with Gasteiger partial charge in [0, 0.05) is 17.5 Å². The molecule has 0 aromatic heterocycles. The fourth-order valence-corrected chi connectivity index (χ4v) is 2.00. The molecule has 2 rings (SSSR count). The number of hydrogen-bond acceptors (Lipinski definition) is 5. The summed E-state index contributed by atoms with van der Waals surface area (Å²) in [7, 11) is 0. The number of halogens is 1. The molecule has 0 aliphatic carbocycles. The Morgan fingerprint density at radius 1 is 0.815 bits per heavy atom. The molecule has 140 valence electrons. The molecular formula is C19H17FN2O5. The summed E-state index contributed by atoms with van der Waals surface area (Å²) in [5.41, 5.74) is 4.99. The molecule has 0 spiro atoms. The fourth-order valence-electron chi connectivity index (χ4n) is 2.00. The van der Waals surface area contributed by atoms with E-state index in [-0.39, 0.29) is 18.4 Å². The lowest BCUT2D eigenvalue weighted by atomic mass is 10.1. The minimum Gasteiger partial charge on any atom is -0.457 e. The predicted molar refractivity (Wildman–Crippen MR) is 93.0 cm³/mol. The molecule has 0 unspecified atom stereocenters. The third-order valence-corrected chi connectivity index (χ3v) is 3.44. The quantitative estimate of drug-likeness (QED) is 0.438. The number of hydrogen-bond donors (Lipinski definition) is 2. The van der Waals surface area contributed by atoms with E-state index in [0.717, 1.165) is 12.1 Å². The first-order valence-corrected chi connectivity index (χ1v) is 8.04. The van der Waals surface area contributed by atoms with Gasteiger partial charge in [-0.25, -0.2) is 4.39 Å². The summed E-state index contributed by atoms with van der Waals surface area (Å²) in [6, 6.07) is 13.1. The fraction of sp³-hybridized carbons (Fsp3) is 0.158. The van der Waals surface area contributed by atoms with Gasteiger partial charge >= 0.3 is 5.97 Å². The molecule has 0 atom stereocenters. The number of nitrogens with one attached hydrogen (secondary N) is 2. The lowest BCUT2D eigenvalue weighted by Crippen LogP contribution is -2.41. The normalized spacial score (nSPS) is 9.96. The molecule has 2 N–H and O–H groups in total. The summed E-state index contributed by atoms with van der Waals surface area (Å²) < 4.78 is 17.6. The lowest BCUT2D eigenvalue weighted by molar-refractivity contribution is -0.143. The van der Waals surface area contributed by atoms with Gasteiger partial charge in [-0.1, -0.05) is 18.2 Å². The molecule has 0 fully saturated rings. The molecule has 0 aliphatic heterocycles. The van der Waals surface area contributed by atoms with E-state index in [2.05, 4.69) is 10.9 Å². The van der Waals surface area contributed by atoms with E-state index in [1.54, 1.807) is 30.3 Å². The van der Waals surface area contributed by atoms with Crippen LogP contribution >= 0.6 is 0 Å². The Kier molecular flexibility index (Phi) is 7.18. The van der Waals surface area contributed by atoms with Gasteiger partial charge in [-0.3, -0.25) is 30.0 Å². The zero-order valence-corrected chi connectivity index (χ0v) is 14.2. The van der Waals surface area contributed by atoms with Crippen LogP contribution in [0.25, 0.3) is 0 Å². The summed E-state index contributed by atoms with van der Waals surface area (Å²) in [5.74, 6) is -2.77. The van der Waals surface area contributed by atoms with Crippen molar-refractivity contribution in [2.45, 2.75) is 12.8 Å². The number of hydrazine groups is 1. The Bertz CT molecular complexity index is 822. The van der Waals surface area contributed by atoms with E-state index < -0.39 is 36.0 Å². The van der Waals surface area contributed by atoms with Gasteiger partial charge in [0.1, 0.15) is 5.82 Å². The summed E-state index contributed by atoms with van der Waals surface area (Å²) in [6.45, 7) is -0.503. The monoisotopic (exact) mass is 372 g/mol. The van der Waals surface area contributed by atoms with Gasteiger partial charge in [0.15, 0.2) is 12.4 Å². The maximum atomic E-state index is 12.8. The van der Waals surface area contributed by atoms with Crippen molar-refractivity contribution in [2.75, 3.05) is 6.61 Å². The number of ether oxygens (including phenoxy) is 1. The second-order valence-electron chi connectivity index (χ2n) is 5.46. The van der Waals surface area contributed by atoms with Crippen LogP contribution in [-0.2, 0) is 14.3 Å². The van der Waals surface area contributed by atoms with Crippen LogP contribution in [-0.4, -0.2) is 30.2 Å². The Labute approximate surface area is 154 Å². The number of amides is 2. The van der Waals surface area contributed by atoms with Crippen LogP contribution in [0.2, 0.25) is 0 Å². The number of carbonyl (C=O) groups excluding carboxylic acids is 4. The van der Waals surface area contributed by atoms with Crippen molar-refractivity contribution in [1.29, 1.82) is 0 Å². The van der Waals surface area contributed by atoms with Crippen molar-refractivity contribution >= 4 is 23.6 Å². The maximum absolute atomic E-state index is 12.8. The van der Waals surface area contributed by atoms with Gasteiger partial charge in [-0.05, 0) is 36.4 Å². The van der Waals surface area contributed by atoms with Crippen LogP contribution in [0.4, 0.5) is 4.39 Å². The molecule has 0 radical (unpaired) electrons. The molecule has 0 heterocycles. The van der Waals surface area contributed by atoms with Crippen LogP contribution in [0.1, 0.15) is 33.6 Å². The molecule has 27 heavy (non-hydrogen) atoms. The first-order valence-electron chi connectivity index (χ1n) is 8.04. The van der Waals surface area contributed by atoms with Crippen LogP contribution in [0.3, 0.4) is 0 Å². The minimum absolute atomic E-state index is 0.213. The minimum atomic E-state index is -0.741. The number of esters is 1. The number of Topliss-reactive ketones (excluding diaryl/α,β-unsaturated/α-hetero) is 1. The van der Waals surface area contributed by atoms with Crippen molar-refractivity contribution in [3.05, 3.63) is 71.5 Å². The molecular weight excluding hydrogens is 355 g/mol. The van der Waals surface area contributed by atoms with E-state index in [1.165, 1.54) is 12.1 Å². The van der Waals surface area contributed by atoms with Gasteiger partial charge in [0.05, 0.1) is 6.42 Å². The molecule has 0 saturated heterocycles. The van der Waals surface area contributed by atoms with Crippen molar-refractivity contribution < 1.29 is 28.3 Å². The largest absolute Gasteiger partial charge is 0.457 e. The summed E-state index contributed by atoms with van der Waals surface area (Å²) in [5, 5.41) is 0. The van der Waals surface area contributed by atoms with E-state index in [1.807, 2.05) is 0 Å². The van der Waals surface area contributed by atoms with Gasteiger partial charge < -0.3 is 4.74 Å². The molecule has 2 aromatic rings. The second-order valence-corrected chi connectivity index (χ2v) is 5.46. The molecule has 0 bridgehead atoms. The zero-order chi connectivity index (χ0) is 19.6. The summed E-state index contributed by atoms with van der Waals surface area (Å²) >= 11 is 0. The van der Waals surface area contributed by atoms with E-state index in [9.17, 15) is 23.6 Å². The Hall–Kier alpha value is -3.55. The van der Waals surface area contributed by atoms with Crippen LogP contribution < -0.4 is 10.9 Å². The summed E-state index contributed by atoms with van der Waals surface area (Å²) in [6.07, 6.45) is -0.484. The lowest BCUT2D eigenvalue weighted by Gasteiger charge is -2.07. The van der Waals surface area contributed by atoms with Crippen molar-refractivity contribution in [3.8, 4) is 0 Å². The van der Waals surface area contributed by atoms with Gasteiger partial charge in [0.25, 0.3) is 5.91 Å². The zero-order valence-electron chi connectivity index (χ0n) is 14.2. The molecule has 0 aliphatic rings. The standard InChI is InChI=1S/C19H17FN2O5/c20-15-8-6-13(7-9-15)16(23)12-27-18(25)11-10-17(24)21-22-19(26)14-4-2-1-3-5-14/h1-9H,10-12H2,(H,21,24)(H,22,26). The van der Waals surface area contributed by atoms with E-state index in [4.69, 9.17) is 4.74 Å². The maximum Gasteiger partial charge on any atom is 0.306 e. The molecule has 7 nitrogen and oxygen atoms in total. The summed E-state index contributed by atoms with van der Waals surface area (Å²) in [4.78, 5) is 46.8. The molecule has 2 amide bonds. The van der Waals surface area contributed by atoms with Gasteiger partial charge in [-0.15, -0.1) is 0 Å². The third-order valence-electron chi connectivity index (χ3n) is 3.44. The Morgan fingerprint density at radius 3 is 2.15 bits per heavy atom. The number of ketones is 1. The van der Waals surface area contributed by atoms with Gasteiger partial charge in [0.2, 0.25) is 5.91 Å². The topological polar surface area (TPSA) is 102 Å². The predicted octanol–water partition coefficient (Wildman–Crippen LogP) is 1.79. The smallest absolute Gasteiger partial charge is 0.306 e. The van der Waals surface area contributed by atoms with Crippen LogP contribution in [0, 0.1) is 5.82 Å². The molecule has 2 aromatic carbocycles. The van der Waals surface area contributed by atoms with Crippen molar-refractivity contribution in [1.82, 2.24) is 10.9 Å². The highest BCUT2D eigenvalue weighted by Gasteiger charge is 2.13. The number of rotatable bonds is 7. The van der Waals surface area contributed by atoms with Crippen LogP contribution in [0.15, 0.2) is 54.6 Å². The highest BCUT2D eigenvalue weighted by Crippen LogP contribution is 2.04. The SMILES string of the molecule is O=C(CCC(=O)OCC(=O)c1ccc(F)cc1)NNC(=O)c1ccccc1. The molecule has 0 saturated carbocycles. The second kappa shape index (κ2) is 9.81. The van der Waals surface area contributed by atoms with E-state index in [0.29, 0.717) is 5.56 Å². The third kappa shape index (κ3) is 6.69. The first-order chi connectivity index (χ1) is 13.0. The Morgan fingerprint density at radius 2 is 1.48 bits per heavy atom. The first kappa shape index (κ1) is 19.8. The van der Waals surface area contributed by atoms with Crippen molar-refractivity contribution in [2.24, 2.45) is 0 Å². The van der Waals surface area contributed by atoms with E-state index >= 15 is 0 Å². The molecule has 8 heteroatoms. The average molecular weight is 372 g/mol. The number of benzene rings is 2. The number of carbonyl (C=O) groups is 4. The Balaban J connectivity index is 1.66. The average Bonchev–Trinajstić information content (AvgIpc) is 2.69. The highest BCUT2D eigenvalue weighted by molar-refractivity contribution is 5.98. The van der Waals surface area contributed by atoms with Crippen LogP contribution in [0.5, 0.6) is 0 Å². The van der Waals surface area contributed by atoms with Gasteiger partial charge in [-0.2, -0.15) is 0 Å².